The second-order valence-electron chi connectivity index (χ2n) is 1.81. The monoisotopic (exact) mass is 127 g/mol. The predicted molar refractivity (Wildman–Crippen MR) is 38.0 cm³/mol. The number of ether oxygens (including phenoxy) is 1. The molecule has 2 nitrogen and oxygen atoms in total. The van der Waals surface area contributed by atoms with E-state index in [1.807, 2.05) is 25.9 Å². The molecule has 0 aliphatic rings. The van der Waals surface area contributed by atoms with Gasteiger partial charge < -0.3 is 9.64 Å². The van der Waals surface area contributed by atoms with Crippen molar-refractivity contribution in [1.82, 2.24) is 4.90 Å². The molecule has 0 bridgehead atoms. The van der Waals surface area contributed by atoms with Crippen molar-refractivity contribution < 1.29 is 4.74 Å². The van der Waals surface area contributed by atoms with Crippen molar-refractivity contribution >= 4 is 0 Å². The van der Waals surface area contributed by atoms with Gasteiger partial charge in [0.25, 0.3) is 0 Å². The molecule has 0 fully saturated rings. The lowest BCUT2D eigenvalue weighted by molar-refractivity contribution is 0.153. The molecule has 0 aromatic carbocycles. The van der Waals surface area contributed by atoms with Crippen LogP contribution in [0.3, 0.4) is 0 Å². The predicted octanol–water partition coefficient (Wildman–Crippen LogP) is 1.21. The minimum absolute atomic E-state index is 0.663. The van der Waals surface area contributed by atoms with Gasteiger partial charge in [0.05, 0.1) is 6.61 Å². The first-order chi connectivity index (χ1) is 4.22. The molecule has 52 valence electrons. The normalized spacial score (nSPS) is 7.89. The fourth-order valence-electron chi connectivity index (χ4n) is 0.475. The fraction of sp³-hybridized carbons (Fsp3) is 0.571. The Hall–Kier alpha value is -0.880. The molecule has 0 aromatic rings. The van der Waals surface area contributed by atoms with Gasteiger partial charge in [-0.05, 0) is 6.92 Å². The van der Waals surface area contributed by atoms with E-state index in [0.717, 1.165) is 0 Å². The van der Waals surface area contributed by atoms with Crippen molar-refractivity contribution in [1.29, 1.82) is 0 Å². The van der Waals surface area contributed by atoms with Crippen molar-refractivity contribution in [3.63, 3.8) is 0 Å². The van der Waals surface area contributed by atoms with Gasteiger partial charge in [-0.2, -0.15) is 0 Å². The second-order valence-corrected chi connectivity index (χ2v) is 1.81. The second kappa shape index (κ2) is 4.04. The molecule has 0 saturated carbocycles. The summed E-state index contributed by atoms with van der Waals surface area (Å²) in [6.45, 7) is 6.07. The van der Waals surface area contributed by atoms with Crippen LogP contribution in [-0.4, -0.2) is 25.6 Å². The molecule has 0 saturated heterocycles. The minimum Gasteiger partial charge on any atom is -0.474 e. The summed E-state index contributed by atoms with van der Waals surface area (Å²) in [7, 11) is 3.78. The highest BCUT2D eigenvalue weighted by Crippen LogP contribution is 1.95. The molecule has 0 radical (unpaired) electrons. The Labute approximate surface area is 56.4 Å². The summed E-state index contributed by atoms with van der Waals surface area (Å²) in [5.74, 6) is 0.692. The van der Waals surface area contributed by atoms with E-state index in [1.165, 1.54) is 0 Å². The molecule has 0 unspecified atom stereocenters. The maximum atomic E-state index is 5.12. The van der Waals surface area contributed by atoms with E-state index >= 15 is 0 Å². The van der Waals surface area contributed by atoms with Gasteiger partial charge in [0.1, 0.15) is 0 Å². The first kappa shape index (κ1) is 8.12. The van der Waals surface area contributed by atoms with E-state index in [-0.39, 0.29) is 0 Å². The lowest BCUT2D eigenvalue weighted by Gasteiger charge is -2.13. The molecule has 0 atom stereocenters. The fourth-order valence-corrected chi connectivity index (χ4v) is 0.475. The molecule has 0 aliphatic heterocycles. The Balaban J connectivity index is 3.86. The number of hydrogen-bond acceptors (Lipinski definition) is 2. The van der Waals surface area contributed by atoms with Crippen LogP contribution in [0.4, 0.5) is 0 Å². The molecule has 0 spiro atoms. The Bertz CT molecular complexity index is 123. The summed E-state index contributed by atoms with van der Waals surface area (Å²) in [6.07, 6.45) is 0. The van der Waals surface area contributed by atoms with Crippen molar-refractivity contribution in [3.8, 4) is 0 Å². The largest absolute Gasteiger partial charge is 0.474 e. The van der Waals surface area contributed by atoms with Crippen molar-refractivity contribution in [2.45, 2.75) is 6.92 Å². The van der Waals surface area contributed by atoms with Gasteiger partial charge in [-0.1, -0.05) is 12.3 Å². The quantitative estimate of drug-likeness (QED) is 0.417. The Morgan fingerprint density at radius 2 is 2.22 bits per heavy atom. The van der Waals surface area contributed by atoms with Crippen LogP contribution in [0, 0.1) is 0 Å². The van der Waals surface area contributed by atoms with Crippen LogP contribution in [0.25, 0.3) is 0 Å². The molecule has 0 amide bonds. The summed E-state index contributed by atoms with van der Waals surface area (Å²) in [4.78, 5) is 1.83. The summed E-state index contributed by atoms with van der Waals surface area (Å²) < 4.78 is 5.12. The maximum Gasteiger partial charge on any atom is 0.234 e. The topological polar surface area (TPSA) is 12.5 Å². The molecule has 0 aliphatic carbocycles. The van der Waals surface area contributed by atoms with Gasteiger partial charge in [0.2, 0.25) is 5.88 Å². The van der Waals surface area contributed by atoms with Gasteiger partial charge in [-0.25, -0.2) is 0 Å². The summed E-state index contributed by atoms with van der Waals surface area (Å²) >= 11 is 0. The van der Waals surface area contributed by atoms with Crippen LogP contribution < -0.4 is 0 Å². The zero-order valence-corrected chi connectivity index (χ0v) is 6.27. The van der Waals surface area contributed by atoms with E-state index in [9.17, 15) is 0 Å². The number of nitrogens with zero attached hydrogens (tertiary/aromatic N) is 1. The van der Waals surface area contributed by atoms with E-state index < -0.39 is 0 Å². The smallest absolute Gasteiger partial charge is 0.234 e. The average molecular weight is 127 g/mol. The summed E-state index contributed by atoms with van der Waals surface area (Å²) in [6, 6.07) is 0. The van der Waals surface area contributed by atoms with E-state index in [1.54, 1.807) is 0 Å². The van der Waals surface area contributed by atoms with Crippen LogP contribution in [0.15, 0.2) is 18.2 Å². The molecule has 0 rings (SSSR count). The lowest BCUT2D eigenvalue weighted by atomic mass is 10.7. The third-order valence-corrected chi connectivity index (χ3v) is 0.838. The summed E-state index contributed by atoms with van der Waals surface area (Å²) in [5, 5.41) is 0. The summed E-state index contributed by atoms with van der Waals surface area (Å²) in [5.41, 5.74) is 2.67. The van der Waals surface area contributed by atoms with Crippen LogP contribution in [0.1, 0.15) is 6.92 Å². The van der Waals surface area contributed by atoms with Crippen molar-refractivity contribution in [3.05, 3.63) is 18.2 Å². The van der Waals surface area contributed by atoms with Gasteiger partial charge >= 0.3 is 0 Å². The molecule has 0 N–H and O–H groups in total. The first-order valence-corrected chi connectivity index (χ1v) is 2.92. The van der Waals surface area contributed by atoms with Crippen molar-refractivity contribution in [2.24, 2.45) is 0 Å². The van der Waals surface area contributed by atoms with Gasteiger partial charge in [0, 0.05) is 14.1 Å². The van der Waals surface area contributed by atoms with E-state index in [0.29, 0.717) is 12.5 Å². The van der Waals surface area contributed by atoms with Crippen LogP contribution in [0.5, 0.6) is 0 Å². The molecule has 0 aromatic heterocycles. The third kappa shape index (κ3) is 2.83. The standard InChI is InChI=1S/C7H13NO/c1-5-7(8(3)4)9-6-2/h1,6H2,2-4H3. The van der Waals surface area contributed by atoms with E-state index in [2.05, 4.69) is 12.3 Å². The zero-order valence-electron chi connectivity index (χ0n) is 6.27. The Morgan fingerprint density at radius 3 is 2.33 bits per heavy atom. The highest BCUT2D eigenvalue weighted by atomic mass is 16.5. The van der Waals surface area contributed by atoms with Gasteiger partial charge in [-0.3, -0.25) is 0 Å². The molecule has 0 heterocycles. The number of hydrogen-bond donors (Lipinski definition) is 0. The van der Waals surface area contributed by atoms with Gasteiger partial charge in [0.15, 0.2) is 0 Å². The van der Waals surface area contributed by atoms with Gasteiger partial charge in [-0.15, -0.1) is 0 Å². The minimum atomic E-state index is 0.663. The lowest BCUT2D eigenvalue weighted by Crippen LogP contribution is -2.12. The van der Waals surface area contributed by atoms with Crippen LogP contribution in [0.2, 0.25) is 0 Å². The molecular formula is C7H13NO. The highest BCUT2D eigenvalue weighted by Gasteiger charge is 1.94. The highest BCUT2D eigenvalue weighted by molar-refractivity contribution is 4.85. The molecule has 9 heavy (non-hydrogen) atoms. The first-order valence-electron chi connectivity index (χ1n) is 2.92. The SMILES string of the molecule is C=C=C(OCC)N(C)C. The van der Waals surface area contributed by atoms with Crippen LogP contribution >= 0.6 is 0 Å². The Kier molecular flexibility index (Phi) is 3.65. The molecular weight excluding hydrogens is 114 g/mol. The van der Waals surface area contributed by atoms with Crippen molar-refractivity contribution in [2.75, 3.05) is 20.7 Å². The maximum absolute atomic E-state index is 5.12. The number of rotatable bonds is 3. The van der Waals surface area contributed by atoms with Crippen LogP contribution in [-0.2, 0) is 4.74 Å². The average Bonchev–Trinajstić information content (AvgIpc) is 1.82. The Morgan fingerprint density at radius 1 is 1.67 bits per heavy atom. The third-order valence-electron chi connectivity index (χ3n) is 0.838. The molecule has 2 heteroatoms. The zero-order chi connectivity index (χ0) is 7.28. The van der Waals surface area contributed by atoms with E-state index in [4.69, 9.17) is 4.74 Å².